The molecule has 0 saturated heterocycles. The van der Waals surface area contributed by atoms with Crippen LogP contribution in [-0.2, 0) is 6.42 Å². The Bertz CT molecular complexity index is 571. The van der Waals surface area contributed by atoms with Crippen molar-refractivity contribution in [2.75, 3.05) is 5.75 Å². The molecule has 20 heavy (non-hydrogen) atoms. The normalized spacial score (nSPS) is 12.4. The number of rotatable bonds is 5. The molecule has 0 saturated carbocycles. The van der Waals surface area contributed by atoms with E-state index in [4.69, 9.17) is 11.6 Å². The maximum absolute atomic E-state index is 13.2. The van der Waals surface area contributed by atoms with E-state index >= 15 is 0 Å². The Balaban J connectivity index is 2.11. The quantitative estimate of drug-likeness (QED) is 0.795. The number of aliphatic hydroxyl groups excluding tert-OH is 1. The van der Waals surface area contributed by atoms with Gasteiger partial charge in [-0.15, -0.1) is 11.8 Å². The molecule has 0 aliphatic heterocycles. The van der Waals surface area contributed by atoms with Gasteiger partial charge in [-0.25, -0.2) is 4.39 Å². The smallest absolute Gasteiger partial charge is 0.123 e. The van der Waals surface area contributed by atoms with Crippen molar-refractivity contribution in [2.24, 2.45) is 0 Å². The molecule has 2 rings (SSSR count). The fourth-order valence-electron chi connectivity index (χ4n) is 1.98. The largest absolute Gasteiger partial charge is 0.388 e. The Labute approximate surface area is 127 Å². The highest BCUT2D eigenvalue weighted by Gasteiger charge is 2.11. The molecule has 4 heteroatoms. The van der Waals surface area contributed by atoms with E-state index in [9.17, 15) is 9.50 Å². The van der Waals surface area contributed by atoms with E-state index in [0.29, 0.717) is 17.0 Å². The lowest BCUT2D eigenvalue weighted by atomic mass is 10.0. The minimum absolute atomic E-state index is 0.302. The first-order chi connectivity index (χ1) is 9.60. The Hall–Kier alpha value is -1.03. The van der Waals surface area contributed by atoms with Crippen molar-refractivity contribution in [3.8, 4) is 0 Å². The van der Waals surface area contributed by atoms with Gasteiger partial charge in [0.2, 0.25) is 0 Å². The van der Waals surface area contributed by atoms with E-state index in [-0.39, 0.29) is 5.82 Å². The van der Waals surface area contributed by atoms with Gasteiger partial charge in [-0.3, -0.25) is 0 Å². The molecule has 1 nitrogen and oxygen atoms in total. The van der Waals surface area contributed by atoms with Gasteiger partial charge in [-0.1, -0.05) is 30.7 Å². The van der Waals surface area contributed by atoms with Crippen molar-refractivity contribution < 1.29 is 9.50 Å². The van der Waals surface area contributed by atoms with Gasteiger partial charge in [0.15, 0.2) is 0 Å². The van der Waals surface area contributed by atoms with Crippen LogP contribution in [0.5, 0.6) is 0 Å². The van der Waals surface area contributed by atoms with Gasteiger partial charge in [-0.05, 0) is 47.2 Å². The van der Waals surface area contributed by atoms with Gasteiger partial charge in [-0.2, -0.15) is 0 Å². The first kappa shape index (κ1) is 15.4. The third-order valence-corrected chi connectivity index (χ3v) is 4.26. The van der Waals surface area contributed by atoms with Crippen LogP contribution in [0.25, 0.3) is 0 Å². The summed E-state index contributed by atoms with van der Waals surface area (Å²) in [5.74, 6) is 0.673. The lowest BCUT2D eigenvalue weighted by Crippen LogP contribution is -2.02. The van der Waals surface area contributed by atoms with Gasteiger partial charge in [0, 0.05) is 16.3 Å². The molecule has 0 heterocycles. The predicted octanol–water partition coefficient (Wildman–Crippen LogP) is 4.87. The van der Waals surface area contributed by atoms with Crippen LogP contribution >= 0.6 is 23.4 Å². The molecule has 0 spiro atoms. The number of hydrogen-bond donors (Lipinski definition) is 1. The van der Waals surface area contributed by atoms with Crippen LogP contribution in [0, 0.1) is 5.82 Å². The third kappa shape index (κ3) is 3.98. The highest BCUT2D eigenvalue weighted by atomic mass is 35.5. The van der Waals surface area contributed by atoms with Crippen molar-refractivity contribution in [2.45, 2.75) is 24.3 Å². The summed E-state index contributed by atoms with van der Waals surface area (Å²) in [5.41, 5.74) is 1.43. The van der Waals surface area contributed by atoms with Crippen LogP contribution in [0.3, 0.4) is 0 Å². The van der Waals surface area contributed by atoms with Crippen molar-refractivity contribution in [1.29, 1.82) is 0 Å². The summed E-state index contributed by atoms with van der Waals surface area (Å²) in [5, 5.41) is 10.7. The standard InChI is InChI=1S/C16H16ClFOS/c1-2-20-14-6-3-11(4-7-14)16(19)10-12-9-13(18)5-8-15(12)17/h3-9,16,19H,2,10H2,1H3. The molecule has 1 unspecified atom stereocenters. The maximum atomic E-state index is 13.2. The second-order valence-corrected chi connectivity index (χ2v) is 6.20. The molecule has 0 bridgehead atoms. The second-order valence-electron chi connectivity index (χ2n) is 4.46. The number of benzene rings is 2. The molecule has 0 aliphatic carbocycles. The Kier molecular flexibility index (Phi) is 5.46. The summed E-state index contributed by atoms with van der Waals surface area (Å²) in [4.78, 5) is 1.17. The van der Waals surface area contributed by atoms with Gasteiger partial charge in [0.05, 0.1) is 6.10 Å². The highest BCUT2D eigenvalue weighted by molar-refractivity contribution is 7.99. The maximum Gasteiger partial charge on any atom is 0.123 e. The molecule has 2 aromatic carbocycles. The summed E-state index contributed by atoms with van der Waals surface area (Å²) >= 11 is 7.76. The molecule has 0 aliphatic rings. The van der Waals surface area contributed by atoms with Gasteiger partial charge < -0.3 is 5.11 Å². The van der Waals surface area contributed by atoms with Gasteiger partial charge >= 0.3 is 0 Å². The van der Waals surface area contributed by atoms with Crippen molar-refractivity contribution >= 4 is 23.4 Å². The van der Waals surface area contributed by atoms with Crippen LogP contribution in [0.1, 0.15) is 24.2 Å². The summed E-state index contributed by atoms with van der Waals surface area (Å²) < 4.78 is 13.2. The summed E-state index contributed by atoms with van der Waals surface area (Å²) in [6.45, 7) is 2.10. The number of thioether (sulfide) groups is 1. The molecular formula is C16H16ClFOS. The molecular weight excluding hydrogens is 295 g/mol. The van der Waals surface area contributed by atoms with E-state index in [1.54, 1.807) is 11.8 Å². The Morgan fingerprint density at radius 2 is 1.90 bits per heavy atom. The van der Waals surface area contributed by atoms with Crippen molar-refractivity contribution in [3.05, 3.63) is 64.4 Å². The molecule has 1 N–H and O–H groups in total. The van der Waals surface area contributed by atoms with Crippen LogP contribution in [0.4, 0.5) is 4.39 Å². The summed E-state index contributed by atoms with van der Waals surface area (Å²) in [6, 6.07) is 12.0. The summed E-state index contributed by atoms with van der Waals surface area (Å²) in [7, 11) is 0. The second kappa shape index (κ2) is 7.11. The van der Waals surface area contributed by atoms with Crippen LogP contribution in [0.2, 0.25) is 5.02 Å². The first-order valence-electron chi connectivity index (χ1n) is 6.45. The monoisotopic (exact) mass is 310 g/mol. The Morgan fingerprint density at radius 3 is 2.55 bits per heavy atom. The molecule has 0 radical (unpaired) electrons. The molecule has 106 valence electrons. The summed E-state index contributed by atoms with van der Waals surface area (Å²) in [6.07, 6.45) is -0.383. The zero-order valence-corrected chi connectivity index (χ0v) is 12.7. The minimum atomic E-state index is -0.685. The molecule has 0 amide bonds. The number of halogens is 2. The van der Waals surface area contributed by atoms with Crippen LogP contribution < -0.4 is 0 Å². The van der Waals surface area contributed by atoms with Crippen LogP contribution in [-0.4, -0.2) is 10.9 Å². The average molecular weight is 311 g/mol. The highest BCUT2D eigenvalue weighted by Crippen LogP contribution is 2.26. The van der Waals surface area contributed by atoms with Gasteiger partial charge in [0.25, 0.3) is 0 Å². The van der Waals surface area contributed by atoms with E-state index < -0.39 is 6.10 Å². The molecule has 0 fully saturated rings. The fourth-order valence-corrected chi connectivity index (χ4v) is 2.84. The lowest BCUT2D eigenvalue weighted by molar-refractivity contribution is 0.178. The zero-order chi connectivity index (χ0) is 14.5. The van der Waals surface area contributed by atoms with Crippen molar-refractivity contribution in [1.82, 2.24) is 0 Å². The van der Waals surface area contributed by atoms with Crippen molar-refractivity contribution in [3.63, 3.8) is 0 Å². The SMILES string of the molecule is CCSc1ccc(C(O)Cc2cc(F)ccc2Cl)cc1. The molecule has 2 aromatic rings. The zero-order valence-electron chi connectivity index (χ0n) is 11.1. The van der Waals surface area contributed by atoms with E-state index in [2.05, 4.69) is 6.92 Å². The number of aliphatic hydroxyl groups is 1. The van der Waals surface area contributed by atoms with Crippen LogP contribution in [0.15, 0.2) is 47.4 Å². The van der Waals surface area contributed by atoms with E-state index in [1.165, 1.54) is 23.1 Å². The minimum Gasteiger partial charge on any atom is -0.388 e. The molecule has 1 atom stereocenters. The topological polar surface area (TPSA) is 20.2 Å². The Morgan fingerprint density at radius 1 is 1.20 bits per heavy atom. The van der Waals surface area contributed by atoms with Gasteiger partial charge in [0.1, 0.15) is 5.82 Å². The number of hydrogen-bond acceptors (Lipinski definition) is 2. The van der Waals surface area contributed by atoms with E-state index in [0.717, 1.165) is 11.3 Å². The first-order valence-corrected chi connectivity index (χ1v) is 7.81. The predicted molar refractivity (Wildman–Crippen MR) is 82.9 cm³/mol. The average Bonchev–Trinajstić information content (AvgIpc) is 2.44. The lowest BCUT2D eigenvalue weighted by Gasteiger charge is -2.13. The van der Waals surface area contributed by atoms with E-state index in [1.807, 2.05) is 24.3 Å². The molecule has 0 aromatic heterocycles. The third-order valence-electron chi connectivity index (χ3n) is 3.00. The fraction of sp³-hybridized carbons (Fsp3) is 0.250.